The lowest BCUT2D eigenvalue weighted by molar-refractivity contribution is 0.244. The van der Waals surface area contributed by atoms with Crippen LogP contribution in [-0.2, 0) is 6.54 Å². The second-order valence-corrected chi connectivity index (χ2v) is 5.94. The molecular formula is C19H22N4O2. The molecule has 6 heteroatoms. The molecular weight excluding hydrogens is 316 g/mol. The highest BCUT2D eigenvalue weighted by atomic mass is 16.5. The van der Waals surface area contributed by atoms with Crippen molar-refractivity contribution in [3.05, 3.63) is 60.2 Å². The number of hydrogen-bond acceptors (Lipinski definition) is 6. The van der Waals surface area contributed by atoms with E-state index in [0.717, 1.165) is 28.7 Å². The van der Waals surface area contributed by atoms with E-state index in [2.05, 4.69) is 20.6 Å². The van der Waals surface area contributed by atoms with E-state index in [9.17, 15) is 0 Å². The number of aromatic nitrogens is 2. The van der Waals surface area contributed by atoms with Gasteiger partial charge < -0.3 is 19.8 Å². The van der Waals surface area contributed by atoms with E-state index >= 15 is 0 Å². The Bertz CT molecular complexity index is 816. The maximum absolute atomic E-state index is 5.83. The number of aryl methyl sites for hydroxylation is 1. The lowest BCUT2D eigenvalue weighted by Gasteiger charge is -2.15. The van der Waals surface area contributed by atoms with Crippen LogP contribution in [0, 0.1) is 6.92 Å². The summed E-state index contributed by atoms with van der Waals surface area (Å²) in [6.07, 6.45) is 1.74. The Labute approximate surface area is 147 Å². The molecule has 0 aliphatic heterocycles. The summed E-state index contributed by atoms with van der Waals surface area (Å²) in [6.45, 7) is 6.49. The summed E-state index contributed by atoms with van der Waals surface area (Å²) < 4.78 is 11.2. The predicted octanol–water partition coefficient (Wildman–Crippen LogP) is 4.52. The minimum absolute atomic E-state index is 0.0897. The van der Waals surface area contributed by atoms with Crippen LogP contribution < -0.4 is 15.4 Å². The van der Waals surface area contributed by atoms with Crippen LogP contribution in [0.5, 0.6) is 5.75 Å². The standard InChI is InChI=1S/C19H22N4O2/c1-13(2)25-17-9-5-4-8-16(17)22-19-21-14(3)11-18(23-19)20-12-15-7-6-10-24-15/h4-11,13H,12H2,1-3H3,(H2,20,21,22,23). The second-order valence-electron chi connectivity index (χ2n) is 5.94. The summed E-state index contributed by atoms with van der Waals surface area (Å²) in [7, 11) is 0. The minimum Gasteiger partial charge on any atom is -0.489 e. The Hall–Kier alpha value is -3.02. The van der Waals surface area contributed by atoms with Crippen LogP contribution in [-0.4, -0.2) is 16.1 Å². The third-order valence-corrected chi connectivity index (χ3v) is 3.37. The molecule has 0 saturated carbocycles. The molecule has 0 fully saturated rings. The highest BCUT2D eigenvalue weighted by Gasteiger charge is 2.08. The van der Waals surface area contributed by atoms with Crippen LogP contribution in [0.4, 0.5) is 17.5 Å². The molecule has 1 aromatic carbocycles. The van der Waals surface area contributed by atoms with Crippen LogP contribution in [0.3, 0.4) is 0 Å². The Morgan fingerprint density at radius 1 is 1.12 bits per heavy atom. The van der Waals surface area contributed by atoms with Crippen molar-refractivity contribution in [2.45, 2.75) is 33.4 Å². The number of nitrogens with one attached hydrogen (secondary N) is 2. The Kier molecular flexibility index (Phi) is 5.18. The fraction of sp³-hybridized carbons (Fsp3) is 0.263. The quantitative estimate of drug-likeness (QED) is 0.660. The van der Waals surface area contributed by atoms with E-state index in [0.29, 0.717) is 12.5 Å². The van der Waals surface area contributed by atoms with Gasteiger partial charge in [-0.2, -0.15) is 4.98 Å². The molecule has 0 radical (unpaired) electrons. The molecule has 2 heterocycles. The first-order chi connectivity index (χ1) is 12.1. The van der Waals surface area contributed by atoms with E-state index in [1.165, 1.54) is 0 Å². The van der Waals surface area contributed by atoms with Crippen molar-refractivity contribution < 1.29 is 9.15 Å². The molecule has 3 aromatic rings. The lowest BCUT2D eigenvalue weighted by atomic mass is 10.3. The summed E-state index contributed by atoms with van der Waals surface area (Å²) in [5.74, 6) is 2.87. The maximum atomic E-state index is 5.83. The molecule has 0 unspecified atom stereocenters. The summed E-state index contributed by atoms with van der Waals surface area (Å²) in [5.41, 5.74) is 1.69. The van der Waals surface area contributed by atoms with Crippen LogP contribution in [0.25, 0.3) is 0 Å². The average molecular weight is 338 g/mol. The van der Waals surface area contributed by atoms with Crippen LogP contribution in [0.1, 0.15) is 25.3 Å². The summed E-state index contributed by atoms with van der Waals surface area (Å²) in [6, 6.07) is 13.4. The van der Waals surface area contributed by atoms with Crippen molar-refractivity contribution in [1.29, 1.82) is 0 Å². The van der Waals surface area contributed by atoms with Gasteiger partial charge in [0.2, 0.25) is 5.95 Å². The average Bonchev–Trinajstić information content (AvgIpc) is 3.07. The number of furan rings is 1. The van der Waals surface area contributed by atoms with Crippen molar-refractivity contribution in [2.75, 3.05) is 10.6 Å². The van der Waals surface area contributed by atoms with Crippen LogP contribution in [0.15, 0.2) is 53.1 Å². The number of ether oxygens (including phenoxy) is 1. The molecule has 2 aromatic heterocycles. The normalized spacial score (nSPS) is 10.7. The predicted molar refractivity (Wildman–Crippen MR) is 98.3 cm³/mol. The van der Waals surface area contributed by atoms with Crippen molar-refractivity contribution in [3.63, 3.8) is 0 Å². The van der Waals surface area contributed by atoms with E-state index in [1.54, 1.807) is 6.26 Å². The number of hydrogen-bond donors (Lipinski definition) is 2. The fourth-order valence-electron chi connectivity index (χ4n) is 2.35. The minimum atomic E-state index is 0.0897. The van der Waals surface area contributed by atoms with Gasteiger partial charge in [-0.25, -0.2) is 4.98 Å². The molecule has 0 bridgehead atoms. The molecule has 25 heavy (non-hydrogen) atoms. The van der Waals surface area contributed by atoms with Gasteiger partial charge in [0.05, 0.1) is 24.6 Å². The molecule has 3 rings (SSSR count). The molecule has 2 N–H and O–H groups in total. The molecule has 6 nitrogen and oxygen atoms in total. The van der Waals surface area contributed by atoms with Crippen LogP contribution in [0.2, 0.25) is 0 Å². The molecule has 0 spiro atoms. The SMILES string of the molecule is Cc1cc(NCc2ccco2)nc(Nc2ccccc2OC(C)C)n1. The number of para-hydroxylation sites is 2. The number of nitrogens with zero attached hydrogens (tertiary/aromatic N) is 2. The van der Waals surface area contributed by atoms with Crippen LogP contribution >= 0.6 is 0 Å². The summed E-state index contributed by atoms with van der Waals surface area (Å²) in [5, 5.41) is 6.49. The molecule has 0 atom stereocenters. The van der Waals surface area contributed by atoms with Crippen molar-refractivity contribution in [1.82, 2.24) is 9.97 Å². The Morgan fingerprint density at radius 2 is 1.96 bits per heavy atom. The highest BCUT2D eigenvalue weighted by Crippen LogP contribution is 2.27. The van der Waals surface area contributed by atoms with Gasteiger partial charge in [0.1, 0.15) is 17.3 Å². The number of anilines is 3. The Balaban J connectivity index is 1.76. The molecule has 0 saturated heterocycles. The first-order valence-corrected chi connectivity index (χ1v) is 8.25. The smallest absolute Gasteiger partial charge is 0.229 e. The van der Waals surface area contributed by atoms with Gasteiger partial charge >= 0.3 is 0 Å². The molecule has 0 amide bonds. The zero-order valence-electron chi connectivity index (χ0n) is 14.6. The molecule has 0 aliphatic rings. The monoisotopic (exact) mass is 338 g/mol. The molecule has 0 aliphatic carbocycles. The lowest BCUT2D eigenvalue weighted by Crippen LogP contribution is -2.09. The largest absolute Gasteiger partial charge is 0.489 e. The first-order valence-electron chi connectivity index (χ1n) is 8.25. The fourth-order valence-corrected chi connectivity index (χ4v) is 2.35. The molecule has 130 valence electrons. The van der Waals surface area contributed by atoms with Gasteiger partial charge in [0.15, 0.2) is 0 Å². The number of benzene rings is 1. The summed E-state index contributed by atoms with van der Waals surface area (Å²) >= 11 is 0. The summed E-state index contributed by atoms with van der Waals surface area (Å²) in [4.78, 5) is 8.97. The zero-order valence-corrected chi connectivity index (χ0v) is 14.6. The third-order valence-electron chi connectivity index (χ3n) is 3.37. The topological polar surface area (TPSA) is 72.2 Å². The van der Waals surface area contributed by atoms with Gasteiger partial charge in [-0.15, -0.1) is 0 Å². The van der Waals surface area contributed by atoms with Gasteiger partial charge in [0.25, 0.3) is 0 Å². The van der Waals surface area contributed by atoms with Crippen molar-refractivity contribution in [3.8, 4) is 5.75 Å². The van der Waals surface area contributed by atoms with E-state index in [-0.39, 0.29) is 6.10 Å². The van der Waals surface area contributed by atoms with E-state index < -0.39 is 0 Å². The van der Waals surface area contributed by atoms with Crippen molar-refractivity contribution in [2.24, 2.45) is 0 Å². The Morgan fingerprint density at radius 3 is 2.72 bits per heavy atom. The van der Waals surface area contributed by atoms with Gasteiger partial charge in [-0.3, -0.25) is 0 Å². The third kappa shape index (κ3) is 4.73. The van der Waals surface area contributed by atoms with Crippen molar-refractivity contribution >= 4 is 17.5 Å². The first kappa shape index (κ1) is 16.8. The maximum Gasteiger partial charge on any atom is 0.229 e. The van der Waals surface area contributed by atoms with Gasteiger partial charge in [-0.1, -0.05) is 12.1 Å². The zero-order chi connectivity index (χ0) is 17.6. The highest BCUT2D eigenvalue weighted by molar-refractivity contribution is 5.63. The van der Waals surface area contributed by atoms with Gasteiger partial charge in [0, 0.05) is 11.8 Å². The number of rotatable bonds is 7. The second kappa shape index (κ2) is 7.70. The van der Waals surface area contributed by atoms with Gasteiger partial charge in [-0.05, 0) is 45.0 Å². The van der Waals surface area contributed by atoms with E-state index in [1.807, 2.05) is 63.2 Å². The van der Waals surface area contributed by atoms with E-state index in [4.69, 9.17) is 9.15 Å².